The SMILES string of the molecule is O=C(Nc1sc(=Nc2ccccc2)n(-c2ccccc2)c1-c1ccccc1)c1ccccc1. The van der Waals surface area contributed by atoms with Gasteiger partial charge < -0.3 is 5.32 Å². The number of thiazole rings is 1. The molecule has 4 nitrogen and oxygen atoms in total. The van der Waals surface area contributed by atoms with Crippen molar-refractivity contribution in [2.75, 3.05) is 5.32 Å². The highest BCUT2D eigenvalue weighted by Crippen LogP contribution is 2.33. The zero-order valence-electron chi connectivity index (χ0n) is 17.8. The summed E-state index contributed by atoms with van der Waals surface area (Å²) in [6, 6.07) is 39.3. The molecule has 0 atom stereocenters. The fraction of sp³-hybridized carbons (Fsp3) is 0. The van der Waals surface area contributed by atoms with E-state index in [2.05, 4.69) is 9.88 Å². The number of aromatic nitrogens is 1. The van der Waals surface area contributed by atoms with Crippen LogP contribution in [0.4, 0.5) is 10.7 Å². The maximum atomic E-state index is 13.1. The van der Waals surface area contributed by atoms with Crippen LogP contribution < -0.4 is 10.1 Å². The third kappa shape index (κ3) is 4.54. The van der Waals surface area contributed by atoms with Crippen LogP contribution in [0, 0.1) is 0 Å². The molecule has 0 bridgehead atoms. The Labute approximate surface area is 196 Å². The van der Waals surface area contributed by atoms with Crippen molar-refractivity contribution in [3.63, 3.8) is 0 Å². The number of para-hydroxylation sites is 2. The first-order valence-electron chi connectivity index (χ1n) is 10.6. The Kier molecular flexibility index (Phi) is 5.95. The molecule has 1 N–H and O–H groups in total. The van der Waals surface area contributed by atoms with Crippen LogP contribution in [-0.2, 0) is 0 Å². The molecule has 0 unspecified atom stereocenters. The predicted octanol–water partition coefficient (Wildman–Crippen LogP) is 6.69. The van der Waals surface area contributed by atoms with Crippen LogP contribution in [0.15, 0.2) is 126 Å². The molecule has 0 radical (unpaired) electrons. The molecule has 0 saturated carbocycles. The first-order chi connectivity index (χ1) is 16.3. The molecular formula is C28H21N3OS. The molecule has 0 aliphatic carbocycles. The Morgan fingerprint density at radius 1 is 0.697 bits per heavy atom. The Balaban J connectivity index is 1.75. The van der Waals surface area contributed by atoms with Gasteiger partial charge in [0.2, 0.25) is 0 Å². The van der Waals surface area contributed by atoms with Crippen molar-refractivity contribution in [3.8, 4) is 16.9 Å². The van der Waals surface area contributed by atoms with Gasteiger partial charge in [-0.25, -0.2) is 4.99 Å². The van der Waals surface area contributed by atoms with E-state index in [1.165, 1.54) is 11.3 Å². The van der Waals surface area contributed by atoms with Crippen LogP contribution in [0.2, 0.25) is 0 Å². The standard InChI is InChI=1S/C28H21N3OS/c32-26(22-15-7-2-8-16-22)30-27-25(21-13-5-1-6-14-21)31(24-19-11-4-12-20-24)28(33-27)29-23-17-9-3-10-18-23/h1-20H,(H,30,32). The number of carbonyl (C=O) groups excluding carboxylic acids is 1. The van der Waals surface area contributed by atoms with Crippen LogP contribution in [0.5, 0.6) is 0 Å². The summed E-state index contributed by atoms with van der Waals surface area (Å²) in [7, 11) is 0. The fourth-order valence-electron chi connectivity index (χ4n) is 3.59. The molecule has 1 amide bonds. The summed E-state index contributed by atoms with van der Waals surface area (Å²) < 4.78 is 2.10. The van der Waals surface area contributed by atoms with Crippen molar-refractivity contribution in [3.05, 3.63) is 132 Å². The second-order valence-corrected chi connectivity index (χ2v) is 8.34. The highest BCUT2D eigenvalue weighted by Gasteiger charge is 2.19. The Bertz CT molecular complexity index is 1420. The lowest BCUT2D eigenvalue weighted by atomic mass is 10.1. The van der Waals surface area contributed by atoms with Crippen molar-refractivity contribution in [1.29, 1.82) is 0 Å². The summed E-state index contributed by atoms with van der Waals surface area (Å²) in [5.74, 6) is -0.152. The van der Waals surface area contributed by atoms with E-state index in [-0.39, 0.29) is 5.91 Å². The molecule has 0 spiro atoms. The minimum absolute atomic E-state index is 0.152. The number of nitrogens with one attached hydrogen (secondary N) is 1. The van der Waals surface area contributed by atoms with Gasteiger partial charge in [0, 0.05) is 16.8 Å². The zero-order valence-corrected chi connectivity index (χ0v) is 18.6. The molecule has 160 valence electrons. The molecule has 1 heterocycles. The van der Waals surface area contributed by atoms with Gasteiger partial charge >= 0.3 is 0 Å². The molecule has 5 aromatic rings. The van der Waals surface area contributed by atoms with Crippen molar-refractivity contribution < 1.29 is 4.79 Å². The number of hydrogen-bond donors (Lipinski definition) is 1. The lowest BCUT2D eigenvalue weighted by Gasteiger charge is -2.12. The van der Waals surface area contributed by atoms with Crippen LogP contribution in [0.25, 0.3) is 16.9 Å². The van der Waals surface area contributed by atoms with Crippen LogP contribution in [0.3, 0.4) is 0 Å². The monoisotopic (exact) mass is 447 g/mol. The Hall–Kier alpha value is -4.22. The number of amides is 1. The Morgan fingerprint density at radius 3 is 1.88 bits per heavy atom. The quantitative estimate of drug-likeness (QED) is 0.320. The summed E-state index contributed by atoms with van der Waals surface area (Å²) >= 11 is 1.46. The van der Waals surface area contributed by atoms with Gasteiger partial charge in [-0.1, -0.05) is 96.3 Å². The summed E-state index contributed by atoms with van der Waals surface area (Å²) in [6.07, 6.45) is 0. The normalized spacial score (nSPS) is 11.3. The summed E-state index contributed by atoms with van der Waals surface area (Å²) in [5.41, 5.74) is 4.32. The lowest BCUT2D eigenvalue weighted by Crippen LogP contribution is -2.14. The van der Waals surface area contributed by atoms with Crippen molar-refractivity contribution in [2.24, 2.45) is 4.99 Å². The molecule has 1 aromatic heterocycles. The second-order valence-electron chi connectivity index (χ2n) is 7.37. The first-order valence-corrected chi connectivity index (χ1v) is 11.4. The van der Waals surface area contributed by atoms with Gasteiger partial charge in [-0.15, -0.1) is 0 Å². The van der Waals surface area contributed by atoms with Gasteiger partial charge in [0.25, 0.3) is 5.91 Å². The third-order valence-electron chi connectivity index (χ3n) is 5.13. The maximum Gasteiger partial charge on any atom is 0.256 e. The highest BCUT2D eigenvalue weighted by molar-refractivity contribution is 7.14. The molecule has 5 rings (SSSR count). The average molecular weight is 448 g/mol. The van der Waals surface area contributed by atoms with E-state index in [4.69, 9.17) is 4.99 Å². The van der Waals surface area contributed by atoms with E-state index in [1.54, 1.807) is 0 Å². The van der Waals surface area contributed by atoms with E-state index >= 15 is 0 Å². The van der Waals surface area contributed by atoms with Crippen LogP contribution >= 0.6 is 11.3 Å². The van der Waals surface area contributed by atoms with Gasteiger partial charge in [0.15, 0.2) is 4.80 Å². The largest absolute Gasteiger partial charge is 0.312 e. The van der Waals surface area contributed by atoms with Gasteiger partial charge in [-0.3, -0.25) is 9.36 Å². The molecule has 0 saturated heterocycles. The zero-order chi connectivity index (χ0) is 22.5. The third-order valence-corrected chi connectivity index (χ3v) is 6.08. The number of carbonyl (C=O) groups is 1. The van der Waals surface area contributed by atoms with E-state index in [0.29, 0.717) is 5.56 Å². The number of nitrogens with zero attached hydrogens (tertiary/aromatic N) is 2. The van der Waals surface area contributed by atoms with Crippen LogP contribution in [-0.4, -0.2) is 10.5 Å². The fourth-order valence-corrected chi connectivity index (χ4v) is 4.66. The van der Waals surface area contributed by atoms with E-state index in [0.717, 1.165) is 32.4 Å². The van der Waals surface area contributed by atoms with Gasteiger partial charge in [-0.2, -0.15) is 0 Å². The van der Waals surface area contributed by atoms with E-state index in [1.807, 2.05) is 121 Å². The minimum atomic E-state index is -0.152. The Morgan fingerprint density at radius 2 is 1.24 bits per heavy atom. The number of hydrogen-bond acceptors (Lipinski definition) is 3. The predicted molar refractivity (Wildman–Crippen MR) is 135 cm³/mol. The topological polar surface area (TPSA) is 46.4 Å². The molecular weight excluding hydrogens is 426 g/mol. The van der Waals surface area contributed by atoms with Crippen molar-refractivity contribution in [2.45, 2.75) is 0 Å². The smallest absolute Gasteiger partial charge is 0.256 e. The number of rotatable bonds is 5. The first kappa shape index (κ1) is 20.7. The highest BCUT2D eigenvalue weighted by atomic mass is 32.1. The average Bonchev–Trinajstić information content (AvgIpc) is 3.23. The molecule has 0 aliphatic rings. The molecule has 0 aliphatic heterocycles. The van der Waals surface area contributed by atoms with E-state index < -0.39 is 0 Å². The molecule has 0 fully saturated rings. The number of benzene rings is 4. The summed E-state index contributed by atoms with van der Waals surface area (Å²) in [6.45, 7) is 0. The second kappa shape index (κ2) is 9.51. The molecule has 4 aromatic carbocycles. The molecule has 33 heavy (non-hydrogen) atoms. The van der Waals surface area contributed by atoms with E-state index in [9.17, 15) is 4.79 Å². The minimum Gasteiger partial charge on any atom is -0.312 e. The molecule has 5 heteroatoms. The summed E-state index contributed by atoms with van der Waals surface area (Å²) in [5, 5.41) is 3.88. The van der Waals surface area contributed by atoms with Gasteiger partial charge in [0.1, 0.15) is 5.00 Å². The van der Waals surface area contributed by atoms with Crippen LogP contribution in [0.1, 0.15) is 10.4 Å². The van der Waals surface area contributed by atoms with Crippen molar-refractivity contribution in [1.82, 2.24) is 4.57 Å². The van der Waals surface area contributed by atoms with Gasteiger partial charge in [-0.05, 0) is 36.4 Å². The maximum absolute atomic E-state index is 13.1. The lowest BCUT2D eigenvalue weighted by molar-refractivity contribution is 0.102. The summed E-state index contributed by atoms with van der Waals surface area (Å²) in [4.78, 5) is 18.8. The number of anilines is 1. The van der Waals surface area contributed by atoms with Gasteiger partial charge in [0.05, 0.1) is 11.4 Å². The van der Waals surface area contributed by atoms with Crippen molar-refractivity contribution >= 4 is 27.9 Å².